The molecule has 1 nitrogen and oxygen atoms in total. The van der Waals surface area contributed by atoms with Crippen molar-refractivity contribution < 1.29 is 0 Å². The quantitative estimate of drug-likeness (QED) is 0.766. The lowest BCUT2D eigenvalue weighted by molar-refractivity contribution is 0.0999. The van der Waals surface area contributed by atoms with Crippen molar-refractivity contribution in [3.63, 3.8) is 0 Å². The molecule has 2 aliphatic carbocycles. The molecule has 2 rings (SSSR count). The van der Waals surface area contributed by atoms with Crippen LogP contribution < -0.4 is 5.32 Å². The third-order valence-electron chi connectivity index (χ3n) is 5.14. The van der Waals surface area contributed by atoms with Crippen LogP contribution >= 0.6 is 0 Å². The predicted octanol–water partition coefficient (Wildman–Crippen LogP) is 3.84. The van der Waals surface area contributed by atoms with E-state index >= 15 is 0 Å². The van der Waals surface area contributed by atoms with Gasteiger partial charge in [-0.25, -0.2) is 0 Å². The van der Waals surface area contributed by atoms with Crippen molar-refractivity contribution in [2.45, 2.75) is 64.8 Å². The van der Waals surface area contributed by atoms with E-state index in [2.05, 4.69) is 26.2 Å². The number of hydrogen-bond acceptors (Lipinski definition) is 1. The van der Waals surface area contributed by atoms with Gasteiger partial charge in [0, 0.05) is 6.04 Å². The van der Waals surface area contributed by atoms with E-state index in [1.54, 1.807) is 0 Å². The van der Waals surface area contributed by atoms with Crippen molar-refractivity contribution in [3.8, 4) is 0 Å². The summed E-state index contributed by atoms with van der Waals surface area (Å²) in [4.78, 5) is 0. The topological polar surface area (TPSA) is 12.0 Å². The Hall–Kier alpha value is -0.0400. The van der Waals surface area contributed by atoms with Crippen LogP contribution in [0.3, 0.4) is 0 Å². The van der Waals surface area contributed by atoms with Crippen molar-refractivity contribution in [2.24, 2.45) is 23.7 Å². The average Bonchev–Trinajstić information content (AvgIpc) is 2.29. The van der Waals surface area contributed by atoms with Crippen LogP contribution in [0.15, 0.2) is 0 Å². The van der Waals surface area contributed by atoms with Gasteiger partial charge in [-0.2, -0.15) is 0 Å². The van der Waals surface area contributed by atoms with Crippen LogP contribution in [0.25, 0.3) is 0 Å². The summed E-state index contributed by atoms with van der Waals surface area (Å²) in [5.41, 5.74) is 0. The first-order valence-corrected chi connectivity index (χ1v) is 7.39. The summed E-state index contributed by atoms with van der Waals surface area (Å²) in [6.07, 6.45) is 10.6. The molecule has 0 aromatic rings. The zero-order valence-electron chi connectivity index (χ0n) is 11.3. The molecule has 0 aromatic heterocycles. The molecule has 4 unspecified atom stereocenters. The van der Waals surface area contributed by atoms with Gasteiger partial charge in [0.25, 0.3) is 0 Å². The summed E-state index contributed by atoms with van der Waals surface area (Å²) in [6.45, 7) is 4.74. The van der Waals surface area contributed by atoms with E-state index < -0.39 is 0 Å². The van der Waals surface area contributed by atoms with Gasteiger partial charge in [0.1, 0.15) is 0 Å². The van der Waals surface area contributed by atoms with Crippen molar-refractivity contribution in [1.29, 1.82) is 0 Å². The smallest absolute Gasteiger partial charge is 0.0115 e. The van der Waals surface area contributed by atoms with Crippen LogP contribution in [0.5, 0.6) is 0 Å². The summed E-state index contributed by atoms with van der Waals surface area (Å²) >= 11 is 0. The second kappa shape index (κ2) is 5.53. The Morgan fingerprint density at radius 1 is 0.938 bits per heavy atom. The fourth-order valence-electron chi connectivity index (χ4n) is 4.35. The van der Waals surface area contributed by atoms with Crippen LogP contribution in [-0.2, 0) is 0 Å². The van der Waals surface area contributed by atoms with Crippen LogP contribution in [0.4, 0.5) is 0 Å². The standard InChI is InChI=1S/C15H29N/c1-11(2)15(16-3)14-9-8-12-6-4-5-7-13(12)10-14/h11-16H,4-10H2,1-3H3. The van der Waals surface area contributed by atoms with E-state index in [-0.39, 0.29) is 0 Å². The van der Waals surface area contributed by atoms with E-state index in [1.807, 2.05) is 0 Å². The first kappa shape index (κ1) is 12.4. The summed E-state index contributed by atoms with van der Waals surface area (Å²) < 4.78 is 0. The lowest BCUT2D eigenvalue weighted by atomic mass is 9.65. The maximum atomic E-state index is 3.57. The van der Waals surface area contributed by atoms with Crippen molar-refractivity contribution >= 4 is 0 Å². The Labute approximate surface area is 101 Å². The Morgan fingerprint density at radius 3 is 2.25 bits per heavy atom. The maximum Gasteiger partial charge on any atom is 0.0115 e. The number of hydrogen-bond donors (Lipinski definition) is 1. The van der Waals surface area contributed by atoms with Gasteiger partial charge in [-0.3, -0.25) is 0 Å². The molecule has 0 radical (unpaired) electrons. The summed E-state index contributed by atoms with van der Waals surface area (Å²) in [5, 5.41) is 3.57. The van der Waals surface area contributed by atoms with Crippen LogP contribution in [-0.4, -0.2) is 13.1 Å². The lowest BCUT2D eigenvalue weighted by Crippen LogP contribution is -2.42. The maximum absolute atomic E-state index is 3.57. The molecule has 94 valence electrons. The van der Waals surface area contributed by atoms with Gasteiger partial charge in [0.15, 0.2) is 0 Å². The highest BCUT2D eigenvalue weighted by atomic mass is 14.9. The van der Waals surface area contributed by atoms with Gasteiger partial charge in [-0.05, 0) is 50.0 Å². The summed E-state index contributed by atoms with van der Waals surface area (Å²) in [6, 6.07) is 0.753. The minimum atomic E-state index is 0.753. The molecule has 1 heteroatoms. The summed E-state index contributed by atoms with van der Waals surface area (Å²) in [7, 11) is 2.15. The molecule has 2 saturated carbocycles. The molecule has 0 aliphatic heterocycles. The fourth-order valence-corrected chi connectivity index (χ4v) is 4.35. The molecule has 0 heterocycles. The highest BCUT2D eigenvalue weighted by Crippen LogP contribution is 2.44. The van der Waals surface area contributed by atoms with Gasteiger partial charge < -0.3 is 5.32 Å². The second-order valence-electron chi connectivity index (χ2n) is 6.44. The molecule has 0 aromatic carbocycles. The monoisotopic (exact) mass is 223 g/mol. The molecular formula is C15H29N. The first-order chi connectivity index (χ1) is 7.72. The Balaban J connectivity index is 1.93. The highest BCUT2D eigenvalue weighted by Gasteiger charge is 2.35. The number of nitrogens with one attached hydrogen (secondary N) is 1. The molecule has 0 amide bonds. The molecular weight excluding hydrogens is 194 g/mol. The minimum Gasteiger partial charge on any atom is -0.316 e. The molecule has 0 saturated heterocycles. The summed E-state index contributed by atoms with van der Waals surface area (Å²) in [5.74, 6) is 3.90. The Morgan fingerprint density at radius 2 is 1.62 bits per heavy atom. The average molecular weight is 223 g/mol. The lowest BCUT2D eigenvalue weighted by Gasteiger charge is -2.43. The van der Waals surface area contributed by atoms with E-state index in [1.165, 1.54) is 44.9 Å². The number of fused-ring (bicyclic) bond motifs is 1. The molecule has 0 spiro atoms. The predicted molar refractivity (Wildman–Crippen MR) is 70.5 cm³/mol. The number of rotatable bonds is 3. The first-order valence-electron chi connectivity index (χ1n) is 7.39. The van der Waals surface area contributed by atoms with Crippen molar-refractivity contribution in [2.75, 3.05) is 7.05 Å². The van der Waals surface area contributed by atoms with Gasteiger partial charge in [-0.1, -0.05) is 39.5 Å². The molecule has 4 atom stereocenters. The van der Waals surface area contributed by atoms with Crippen molar-refractivity contribution in [1.82, 2.24) is 5.32 Å². The normalized spacial score (nSPS) is 37.1. The highest BCUT2D eigenvalue weighted by molar-refractivity contribution is 4.88. The molecule has 0 bridgehead atoms. The largest absolute Gasteiger partial charge is 0.316 e. The third-order valence-corrected chi connectivity index (χ3v) is 5.14. The SMILES string of the molecule is CNC(C(C)C)C1CCC2CCCCC2C1. The van der Waals surface area contributed by atoms with Gasteiger partial charge in [0.05, 0.1) is 0 Å². The van der Waals surface area contributed by atoms with Crippen molar-refractivity contribution in [3.05, 3.63) is 0 Å². The van der Waals surface area contributed by atoms with Crippen LogP contribution in [0.2, 0.25) is 0 Å². The molecule has 2 fully saturated rings. The van der Waals surface area contributed by atoms with E-state index in [0.717, 1.165) is 29.7 Å². The van der Waals surface area contributed by atoms with Crippen LogP contribution in [0.1, 0.15) is 58.8 Å². The van der Waals surface area contributed by atoms with Gasteiger partial charge in [0.2, 0.25) is 0 Å². The minimum absolute atomic E-state index is 0.753. The van der Waals surface area contributed by atoms with Gasteiger partial charge in [-0.15, -0.1) is 0 Å². The second-order valence-corrected chi connectivity index (χ2v) is 6.44. The van der Waals surface area contributed by atoms with E-state index in [0.29, 0.717) is 0 Å². The fraction of sp³-hybridized carbons (Fsp3) is 1.00. The van der Waals surface area contributed by atoms with E-state index in [9.17, 15) is 0 Å². The third kappa shape index (κ3) is 2.61. The molecule has 16 heavy (non-hydrogen) atoms. The Kier molecular flexibility index (Phi) is 4.29. The van der Waals surface area contributed by atoms with Gasteiger partial charge >= 0.3 is 0 Å². The molecule has 1 N–H and O–H groups in total. The zero-order chi connectivity index (χ0) is 11.5. The molecule has 2 aliphatic rings. The Bertz CT molecular complexity index is 211. The van der Waals surface area contributed by atoms with E-state index in [4.69, 9.17) is 0 Å². The zero-order valence-corrected chi connectivity index (χ0v) is 11.3. The van der Waals surface area contributed by atoms with Crippen LogP contribution in [0, 0.1) is 23.7 Å².